The highest BCUT2D eigenvalue weighted by Crippen LogP contribution is 2.22. The van der Waals surface area contributed by atoms with E-state index in [-0.39, 0.29) is 30.6 Å². The summed E-state index contributed by atoms with van der Waals surface area (Å²) in [7, 11) is 1.53. The summed E-state index contributed by atoms with van der Waals surface area (Å²) in [6.45, 7) is 3.78. The van der Waals surface area contributed by atoms with Crippen molar-refractivity contribution in [2.75, 3.05) is 7.11 Å². The van der Waals surface area contributed by atoms with Crippen LogP contribution in [0.2, 0.25) is 0 Å². The minimum atomic E-state index is -0.270. The van der Waals surface area contributed by atoms with Crippen LogP contribution in [-0.2, 0) is 4.79 Å². The highest BCUT2D eigenvalue weighted by Gasteiger charge is 2.17. The van der Waals surface area contributed by atoms with E-state index < -0.39 is 0 Å². The summed E-state index contributed by atoms with van der Waals surface area (Å²) in [6, 6.07) is 12.9. The number of H-pyrrole nitrogens is 1. The number of carbonyl (C=O) groups is 2. The lowest BCUT2D eigenvalue weighted by Crippen LogP contribution is -2.27. The molecule has 2 N–H and O–H groups in total. The third-order valence-corrected chi connectivity index (χ3v) is 4.43. The minimum Gasteiger partial charge on any atom is -0.496 e. The summed E-state index contributed by atoms with van der Waals surface area (Å²) in [5, 5.41) is 2.89. The van der Waals surface area contributed by atoms with Crippen LogP contribution in [0.5, 0.6) is 5.75 Å². The zero-order valence-electron chi connectivity index (χ0n) is 15.7. The van der Waals surface area contributed by atoms with Gasteiger partial charge in [0.25, 0.3) is 0 Å². The SMILES string of the molecule is COc1ccc(C)cc1C(=O)CCC(=O)N[C@@H](C)c1nc2ccccc2[nH]1. The van der Waals surface area contributed by atoms with Crippen LogP contribution in [0.25, 0.3) is 11.0 Å². The van der Waals surface area contributed by atoms with Crippen molar-refractivity contribution in [3.63, 3.8) is 0 Å². The van der Waals surface area contributed by atoms with E-state index in [9.17, 15) is 9.59 Å². The van der Waals surface area contributed by atoms with Gasteiger partial charge in [0.15, 0.2) is 5.78 Å². The number of nitrogens with zero attached hydrogens (tertiary/aromatic N) is 1. The predicted molar refractivity (Wildman–Crippen MR) is 104 cm³/mol. The first-order valence-electron chi connectivity index (χ1n) is 8.90. The Hall–Kier alpha value is -3.15. The van der Waals surface area contributed by atoms with E-state index in [1.807, 2.05) is 44.2 Å². The molecule has 1 atom stereocenters. The first kappa shape index (κ1) is 18.6. The normalized spacial score (nSPS) is 12.0. The van der Waals surface area contributed by atoms with Crippen LogP contribution in [0.1, 0.15) is 47.6 Å². The number of aromatic amines is 1. The van der Waals surface area contributed by atoms with Crippen molar-refractivity contribution in [2.24, 2.45) is 0 Å². The first-order valence-corrected chi connectivity index (χ1v) is 8.90. The molecule has 1 amide bonds. The number of hydrogen-bond donors (Lipinski definition) is 2. The first-order chi connectivity index (χ1) is 13.0. The molecule has 6 heteroatoms. The second kappa shape index (κ2) is 8.03. The fraction of sp³-hybridized carbons (Fsp3) is 0.286. The number of aromatic nitrogens is 2. The molecule has 0 aliphatic heterocycles. The molecule has 0 spiro atoms. The number of hydrogen-bond acceptors (Lipinski definition) is 4. The van der Waals surface area contributed by atoms with E-state index in [0.717, 1.165) is 16.6 Å². The van der Waals surface area contributed by atoms with E-state index >= 15 is 0 Å². The van der Waals surface area contributed by atoms with Crippen molar-refractivity contribution >= 4 is 22.7 Å². The summed E-state index contributed by atoms with van der Waals surface area (Å²) in [5.74, 6) is 0.919. The monoisotopic (exact) mass is 365 g/mol. The molecule has 0 saturated heterocycles. The number of Topliss-reactive ketones (excluding diaryl/α,β-unsaturated/α-hetero) is 1. The number of nitrogens with one attached hydrogen (secondary N) is 2. The molecule has 6 nitrogen and oxygen atoms in total. The number of amides is 1. The van der Waals surface area contributed by atoms with Crippen LogP contribution in [0.15, 0.2) is 42.5 Å². The molecule has 2 aromatic carbocycles. The Morgan fingerprint density at radius 2 is 1.96 bits per heavy atom. The summed E-state index contributed by atoms with van der Waals surface area (Å²) in [6.07, 6.45) is 0.235. The standard InChI is InChI=1S/C21H23N3O3/c1-13-8-10-19(27-3)15(12-13)18(25)9-11-20(26)22-14(2)21-23-16-6-4-5-7-17(16)24-21/h4-8,10,12,14H,9,11H2,1-3H3,(H,22,26)(H,23,24)/t14-/m0/s1. The Labute approximate surface area is 158 Å². The maximum atomic E-state index is 12.5. The summed E-state index contributed by atoms with van der Waals surface area (Å²) in [5.41, 5.74) is 3.27. The number of methoxy groups -OCH3 is 1. The summed E-state index contributed by atoms with van der Waals surface area (Å²) < 4.78 is 5.25. The van der Waals surface area contributed by atoms with Crippen molar-refractivity contribution in [1.29, 1.82) is 0 Å². The van der Waals surface area contributed by atoms with Gasteiger partial charge in [0.2, 0.25) is 5.91 Å². The van der Waals surface area contributed by atoms with Gasteiger partial charge in [0.05, 0.1) is 29.7 Å². The minimum absolute atomic E-state index is 0.109. The Morgan fingerprint density at radius 3 is 2.70 bits per heavy atom. The maximum Gasteiger partial charge on any atom is 0.221 e. The molecule has 3 rings (SSSR count). The van der Waals surface area contributed by atoms with Crippen LogP contribution in [0.4, 0.5) is 0 Å². The molecule has 140 valence electrons. The van der Waals surface area contributed by atoms with Crippen molar-refractivity contribution in [2.45, 2.75) is 32.7 Å². The van der Waals surface area contributed by atoms with Crippen LogP contribution in [0, 0.1) is 6.92 Å². The molecule has 1 aromatic heterocycles. The fourth-order valence-electron chi connectivity index (χ4n) is 2.96. The van der Waals surface area contributed by atoms with Crippen molar-refractivity contribution in [3.05, 3.63) is 59.4 Å². The van der Waals surface area contributed by atoms with Gasteiger partial charge in [-0.05, 0) is 38.1 Å². The maximum absolute atomic E-state index is 12.5. The number of ether oxygens (including phenoxy) is 1. The van der Waals surface area contributed by atoms with Gasteiger partial charge < -0.3 is 15.0 Å². The number of ketones is 1. The third-order valence-electron chi connectivity index (χ3n) is 4.43. The number of para-hydroxylation sites is 2. The molecule has 0 aliphatic carbocycles. The van der Waals surface area contributed by atoms with Gasteiger partial charge in [-0.15, -0.1) is 0 Å². The zero-order chi connectivity index (χ0) is 19.4. The second-order valence-corrected chi connectivity index (χ2v) is 6.56. The molecule has 0 fully saturated rings. The van der Waals surface area contributed by atoms with E-state index in [1.165, 1.54) is 7.11 Å². The number of benzene rings is 2. The Bertz CT molecular complexity index is 945. The molecule has 0 unspecified atom stereocenters. The van der Waals surface area contributed by atoms with Crippen molar-refractivity contribution in [3.8, 4) is 5.75 Å². The van der Waals surface area contributed by atoms with Gasteiger partial charge in [0, 0.05) is 12.8 Å². The van der Waals surface area contributed by atoms with Crippen LogP contribution >= 0.6 is 0 Å². The van der Waals surface area contributed by atoms with E-state index in [4.69, 9.17) is 4.74 Å². The number of imidazole rings is 1. The topological polar surface area (TPSA) is 84.1 Å². The van der Waals surface area contributed by atoms with Crippen molar-refractivity contribution < 1.29 is 14.3 Å². The van der Waals surface area contributed by atoms with Gasteiger partial charge in [-0.3, -0.25) is 9.59 Å². The fourth-order valence-corrected chi connectivity index (χ4v) is 2.96. The Balaban J connectivity index is 1.59. The third kappa shape index (κ3) is 4.34. The smallest absolute Gasteiger partial charge is 0.221 e. The molecule has 0 aliphatic rings. The van der Waals surface area contributed by atoms with Gasteiger partial charge in [-0.25, -0.2) is 4.98 Å². The molecule has 0 bridgehead atoms. The van der Waals surface area contributed by atoms with Crippen molar-refractivity contribution in [1.82, 2.24) is 15.3 Å². The number of carbonyl (C=O) groups excluding carboxylic acids is 2. The van der Waals surface area contributed by atoms with E-state index in [0.29, 0.717) is 17.1 Å². The van der Waals surface area contributed by atoms with Gasteiger partial charge in [-0.2, -0.15) is 0 Å². The van der Waals surface area contributed by atoms with Crippen LogP contribution in [0.3, 0.4) is 0 Å². The van der Waals surface area contributed by atoms with Crippen LogP contribution in [-0.4, -0.2) is 28.8 Å². The average Bonchev–Trinajstić information content (AvgIpc) is 3.10. The molecule has 1 heterocycles. The lowest BCUT2D eigenvalue weighted by atomic mass is 10.0. The predicted octanol–water partition coefficient (Wildman–Crippen LogP) is 3.72. The number of fused-ring (bicyclic) bond motifs is 1. The molecular formula is C21H23N3O3. The summed E-state index contributed by atoms with van der Waals surface area (Å²) >= 11 is 0. The quantitative estimate of drug-likeness (QED) is 0.625. The van der Waals surface area contributed by atoms with Gasteiger partial charge in [0.1, 0.15) is 11.6 Å². The summed E-state index contributed by atoms with van der Waals surface area (Å²) in [4.78, 5) is 32.4. The number of aryl methyl sites for hydroxylation is 1. The molecule has 3 aromatic rings. The Kier molecular flexibility index (Phi) is 5.54. The molecule has 0 saturated carbocycles. The average molecular weight is 365 g/mol. The van der Waals surface area contributed by atoms with E-state index in [1.54, 1.807) is 12.1 Å². The second-order valence-electron chi connectivity index (χ2n) is 6.56. The highest BCUT2D eigenvalue weighted by atomic mass is 16.5. The van der Waals surface area contributed by atoms with Gasteiger partial charge >= 0.3 is 0 Å². The van der Waals surface area contributed by atoms with Gasteiger partial charge in [-0.1, -0.05) is 23.8 Å². The van der Waals surface area contributed by atoms with E-state index in [2.05, 4.69) is 15.3 Å². The lowest BCUT2D eigenvalue weighted by Gasteiger charge is -2.12. The highest BCUT2D eigenvalue weighted by molar-refractivity contribution is 6.00. The van der Waals surface area contributed by atoms with Crippen LogP contribution < -0.4 is 10.1 Å². The molecular weight excluding hydrogens is 342 g/mol. The lowest BCUT2D eigenvalue weighted by molar-refractivity contribution is -0.121. The zero-order valence-corrected chi connectivity index (χ0v) is 15.7. The molecule has 0 radical (unpaired) electrons. The largest absolute Gasteiger partial charge is 0.496 e. The Morgan fingerprint density at radius 1 is 1.19 bits per heavy atom. The number of rotatable bonds is 7. The molecule has 27 heavy (non-hydrogen) atoms.